The molecule has 3 heterocycles. The summed E-state index contributed by atoms with van der Waals surface area (Å²) < 4.78 is 12.6. The second-order valence-electron chi connectivity index (χ2n) is 20.0. The van der Waals surface area contributed by atoms with Gasteiger partial charge in [-0.05, 0) is 150 Å². The number of fused-ring (bicyclic) bond motifs is 11. The molecule has 1 aliphatic carbocycles. The normalized spacial score (nSPS) is 12.9. The van der Waals surface area contributed by atoms with Gasteiger partial charge in [0.2, 0.25) is 0 Å². The van der Waals surface area contributed by atoms with Gasteiger partial charge in [0.05, 0.1) is 11.4 Å². The Bertz CT molecular complexity index is 4460. The number of benzene rings is 11. The molecule has 0 amide bonds. The lowest BCUT2D eigenvalue weighted by molar-refractivity contribution is 0.661. The Kier molecular flexibility index (Phi) is 8.97. The largest absolute Gasteiger partial charge is 0.456 e. The molecule has 11 aromatic carbocycles. The van der Waals surface area contributed by atoms with Crippen LogP contribution < -0.4 is 0 Å². The number of hydrogen-bond donors (Lipinski definition) is 0. The van der Waals surface area contributed by atoms with Crippen molar-refractivity contribution < 1.29 is 8.83 Å². The average molecular weight is 933 g/mol. The van der Waals surface area contributed by atoms with E-state index in [-0.39, 0.29) is 5.41 Å². The SMILES string of the molecule is CC1(C)c2cc3ccccc3cc2-c2c(-c3ccc(-c4cc(-c5cc(-c6ccc7oc8ccccc8c7c6)cc(-c6ccc7oc8ccccc8c7c6)c5)nc(-c5ccccc5)n4)c4ccccc34)cccc21. The van der Waals surface area contributed by atoms with Crippen molar-refractivity contribution in [2.45, 2.75) is 19.3 Å². The van der Waals surface area contributed by atoms with Gasteiger partial charge >= 0.3 is 0 Å². The Morgan fingerprint density at radius 3 is 1.51 bits per heavy atom. The summed E-state index contributed by atoms with van der Waals surface area (Å²) in [4.78, 5) is 10.9. The van der Waals surface area contributed by atoms with Crippen LogP contribution in [0.25, 0.3) is 144 Å². The molecular weight excluding hydrogens is 889 g/mol. The van der Waals surface area contributed by atoms with Crippen molar-refractivity contribution in [3.8, 4) is 78.4 Å². The lowest BCUT2D eigenvalue weighted by Gasteiger charge is -2.22. The van der Waals surface area contributed by atoms with Gasteiger partial charge in [-0.15, -0.1) is 0 Å². The van der Waals surface area contributed by atoms with Gasteiger partial charge in [0.25, 0.3) is 0 Å². The predicted molar refractivity (Wildman–Crippen MR) is 302 cm³/mol. The van der Waals surface area contributed by atoms with Crippen LogP contribution in [0.2, 0.25) is 0 Å². The Balaban J connectivity index is 0.935. The number of aromatic nitrogens is 2. The fourth-order valence-electron chi connectivity index (χ4n) is 11.8. The molecule has 15 rings (SSSR count). The van der Waals surface area contributed by atoms with Gasteiger partial charge in [0.1, 0.15) is 22.3 Å². The first-order valence-corrected chi connectivity index (χ1v) is 25.0. The van der Waals surface area contributed by atoms with Crippen LogP contribution in [0.15, 0.2) is 239 Å². The highest BCUT2D eigenvalue weighted by Crippen LogP contribution is 2.54. The van der Waals surface area contributed by atoms with Gasteiger partial charge in [-0.25, -0.2) is 9.97 Å². The van der Waals surface area contributed by atoms with Gasteiger partial charge < -0.3 is 8.83 Å². The monoisotopic (exact) mass is 932 g/mol. The second-order valence-corrected chi connectivity index (χ2v) is 20.0. The summed E-state index contributed by atoms with van der Waals surface area (Å²) in [6.45, 7) is 4.74. The van der Waals surface area contributed by atoms with Crippen LogP contribution in [0.5, 0.6) is 0 Å². The highest BCUT2D eigenvalue weighted by molar-refractivity contribution is 6.10. The van der Waals surface area contributed by atoms with Crippen molar-refractivity contribution in [3.63, 3.8) is 0 Å². The van der Waals surface area contributed by atoms with E-state index in [1.807, 2.05) is 30.3 Å². The van der Waals surface area contributed by atoms with Gasteiger partial charge in [0.15, 0.2) is 5.82 Å². The smallest absolute Gasteiger partial charge is 0.160 e. The highest BCUT2D eigenvalue weighted by atomic mass is 16.3. The number of hydrogen-bond acceptors (Lipinski definition) is 4. The lowest BCUT2D eigenvalue weighted by Crippen LogP contribution is -2.14. The standard InChI is InChI=1S/C69H44N2O2/c1-69(2)59-24-14-23-55(67(59)58-38-42-17-6-7-18-43(42)39-60(58)69)51-29-30-52(50-20-9-8-19-49(50)51)62-40-61(70-68(71-62)41-15-4-3-5-16-41)48-34-46(44-27-31-65-56(36-44)53-21-10-12-25-63(53)72-65)33-47(35-48)45-28-32-66-57(37-45)54-22-11-13-26-64(54)73-66/h3-40H,1-2H3. The minimum atomic E-state index is -0.149. The number of para-hydroxylation sites is 2. The molecule has 0 atom stereocenters. The molecule has 0 bridgehead atoms. The van der Waals surface area contributed by atoms with Gasteiger partial charge in [-0.2, -0.15) is 0 Å². The van der Waals surface area contributed by atoms with E-state index in [4.69, 9.17) is 18.8 Å². The lowest BCUT2D eigenvalue weighted by atomic mass is 9.81. The van der Waals surface area contributed by atoms with E-state index in [1.54, 1.807) is 0 Å². The van der Waals surface area contributed by atoms with E-state index < -0.39 is 0 Å². The Morgan fingerprint density at radius 2 is 0.836 bits per heavy atom. The minimum Gasteiger partial charge on any atom is -0.456 e. The van der Waals surface area contributed by atoms with Crippen LogP contribution in [0.3, 0.4) is 0 Å². The van der Waals surface area contributed by atoms with Crippen LogP contribution in [0.4, 0.5) is 0 Å². The molecule has 0 saturated heterocycles. The molecule has 73 heavy (non-hydrogen) atoms. The third-order valence-electron chi connectivity index (χ3n) is 15.5. The zero-order valence-electron chi connectivity index (χ0n) is 40.2. The summed E-state index contributed by atoms with van der Waals surface area (Å²) in [5, 5.41) is 9.19. The van der Waals surface area contributed by atoms with Crippen LogP contribution in [0.1, 0.15) is 25.0 Å². The zero-order chi connectivity index (χ0) is 48.4. The maximum Gasteiger partial charge on any atom is 0.160 e. The van der Waals surface area contributed by atoms with Crippen molar-refractivity contribution in [3.05, 3.63) is 242 Å². The topological polar surface area (TPSA) is 52.1 Å². The molecule has 0 N–H and O–H groups in total. The Morgan fingerprint density at radius 1 is 0.301 bits per heavy atom. The first-order valence-electron chi connectivity index (χ1n) is 25.0. The molecule has 0 unspecified atom stereocenters. The van der Waals surface area contributed by atoms with E-state index in [2.05, 4.69) is 214 Å². The summed E-state index contributed by atoms with van der Waals surface area (Å²) in [6, 6.07) is 82.7. The highest BCUT2D eigenvalue weighted by Gasteiger charge is 2.37. The first kappa shape index (κ1) is 41.4. The zero-order valence-corrected chi connectivity index (χ0v) is 40.2. The van der Waals surface area contributed by atoms with Crippen molar-refractivity contribution in [1.82, 2.24) is 9.97 Å². The van der Waals surface area contributed by atoms with E-state index in [0.717, 1.165) is 99.6 Å². The summed E-state index contributed by atoms with van der Waals surface area (Å²) in [7, 11) is 0. The van der Waals surface area contributed by atoms with E-state index in [0.29, 0.717) is 5.82 Å². The summed E-state index contributed by atoms with van der Waals surface area (Å²) in [6.07, 6.45) is 0. The van der Waals surface area contributed by atoms with Crippen molar-refractivity contribution in [1.29, 1.82) is 0 Å². The molecule has 0 radical (unpaired) electrons. The van der Waals surface area contributed by atoms with E-state index in [1.165, 1.54) is 49.5 Å². The molecule has 4 heteroatoms. The second kappa shape index (κ2) is 15.8. The molecule has 342 valence electrons. The van der Waals surface area contributed by atoms with Gasteiger partial charge in [-0.1, -0.05) is 172 Å². The fourth-order valence-corrected chi connectivity index (χ4v) is 11.8. The van der Waals surface area contributed by atoms with Crippen molar-refractivity contribution >= 4 is 65.4 Å². The van der Waals surface area contributed by atoms with Crippen LogP contribution in [-0.4, -0.2) is 9.97 Å². The number of nitrogens with zero attached hydrogens (tertiary/aromatic N) is 2. The quantitative estimate of drug-likeness (QED) is 0.167. The molecule has 1 aliphatic rings. The summed E-state index contributed by atoms with van der Waals surface area (Å²) >= 11 is 0. The molecule has 14 aromatic rings. The number of furan rings is 2. The van der Waals surface area contributed by atoms with E-state index >= 15 is 0 Å². The molecule has 0 aliphatic heterocycles. The fraction of sp³-hybridized carbons (Fsp3) is 0.0435. The van der Waals surface area contributed by atoms with Crippen LogP contribution >= 0.6 is 0 Å². The van der Waals surface area contributed by atoms with Gasteiger partial charge in [-0.3, -0.25) is 0 Å². The maximum atomic E-state index is 6.30. The minimum absolute atomic E-state index is 0.149. The molecule has 0 spiro atoms. The predicted octanol–water partition coefficient (Wildman–Crippen LogP) is 18.9. The number of rotatable bonds is 6. The van der Waals surface area contributed by atoms with Crippen LogP contribution in [-0.2, 0) is 5.41 Å². The molecule has 4 nitrogen and oxygen atoms in total. The molecule has 0 fully saturated rings. The Labute approximate surface area is 421 Å². The van der Waals surface area contributed by atoms with Crippen LogP contribution in [0, 0.1) is 0 Å². The average Bonchev–Trinajstić information content (AvgIpc) is 4.09. The Hall–Kier alpha value is -9.38. The first-order chi connectivity index (χ1) is 35.9. The third-order valence-corrected chi connectivity index (χ3v) is 15.5. The molecular formula is C69H44N2O2. The van der Waals surface area contributed by atoms with E-state index in [9.17, 15) is 0 Å². The maximum absolute atomic E-state index is 6.30. The van der Waals surface area contributed by atoms with Crippen molar-refractivity contribution in [2.24, 2.45) is 0 Å². The third kappa shape index (κ3) is 6.54. The summed E-state index contributed by atoms with van der Waals surface area (Å²) in [5.41, 5.74) is 20.1. The molecule has 0 saturated carbocycles. The van der Waals surface area contributed by atoms with Crippen molar-refractivity contribution in [2.75, 3.05) is 0 Å². The molecule has 3 aromatic heterocycles. The summed E-state index contributed by atoms with van der Waals surface area (Å²) in [5.74, 6) is 0.665. The van der Waals surface area contributed by atoms with Gasteiger partial charge in [0, 0.05) is 43.7 Å².